The van der Waals surface area contributed by atoms with E-state index in [9.17, 15) is 0 Å². The van der Waals surface area contributed by atoms with Gasteiger partial charge in [0.25, 0.3) is 0 Å². The molecule has 0 saturated carbocycles. The minimum absolute atomic E-state index is 0.132. The van der Waals surface area contributed by atoms with E-state index >= 15 is 0 Å². The molecule has 0 bridgehead atoms. The molecule has 2 N–H and O–H groups in total. The van der Waals surface area contributed by atoms with E-state index in [0.29, 0.717) is 13.2 Å². The van der Waals surface area contributed by atoms with Crippen molar-refractivity contribution in [1.82, 2.24) is 0 Å². The average molecular weight is 291 g/mol. The van der Waals surface area contributed by atoms with Crippen molar-refractivity contribution in [1.29, 1.82) is 0 Å². The lowest BCUT2D eigenvalue weighted by Crippen LogP contribution is -2.20. The van der Waals surface area contributed by atoms with Gasteiger partial charge in [-0.3, -0.25) is 0 Å². The summed E-state index contributed by atoms with van der Waals surface area (Å²) < 4.78 is 6.07. The molecule has 0 radical (unpaired) electrons. The van der Waals surface area contributed by atoms with Gasteiger partial charge in [0.1, 0.15) is 5.75 Å². The Morgan fingerprint density at radius 2 is 1.62 bits per heavy atom. The zero-order chi connectivity index (χ0) is 16.1. The molecule has 0 unspecified atom stereocenters. The second-order valence-corrected chi connectivity index (χ2v) is 7.18. The molecule has 1 aromatic rings. The summed E-state index contributed by atoms with van der Waals surface area (Å²) in [6.45, 7) is 15.0. The van der Waals surface area contributed by atoms with E-state index in [2.05, 4.69) is 59.7 Å². The first-order chi connectivity index (χ1) is 9.78. The van der Waals surface area contributed by atoms with Crippen molar-refractivity contribution in [3.63, 3.8) is 0 Å². The Labute approximate surface area is 131 Å². The summed E-state index contributed by atoms with van der Waals surface area (Å²) in [5.74, 6) is 1.04. The first-order valence-electron chi connectivity index (χ1n) is 8.26. The monoisotopic (exact) mass is 291 g/mol. The average Bonchev–Trinajstić information content (AvgIpc) is 2.47. The summed E-state index contributed by atoms with van der Waals surface area (Å²) in [6.07, 6.45) is 3.11. The van der Waals surface area contributed by atoms with Gasteiger partial charge < -0.3 is 10.5 Å². The van der Waals surface area contributed by atoms with Crippen molar-refractivity contribution < 1.29 is 4.74 Å². The van der Waals surface area contributed by atoms with Crippen LogP contribution in [0.2, 0.25) is 0 Å². The van der Waals surface area contributed by atoms with Crippen molar-refractivity contribution in [2.24, 2.45) is 5.73 Å². The van der Waals surface area contributed by atoms with E-state index < -0.39 is 0 Å². The van der Waals surface area contributed by atoms with Crippen molar-refractivity contribution in [2.75, 3.05) is 13.2 Å². The molecule has 0 aliphatic carbocycles. The lowest BCUT2D eigenvalue weighted by Gasteiger charge is -2.29. The van der Waals surface area contributed by atoms with Crippen molar-refractivity contribution >= 4 is 0 Å². The highest BCUT2D eigenvalue weighted by Gasteiger charge is 2.25. The summed E-state index contributed by atoms with van der Waals surface area (Å²) >= 11 is 0. The first-order valence-corrected chi connectivity index (χ1v) is 8.26. The maximum atomic E-state index is 6.07. The molecular formula is C19H33NO. The van der Waals surface area contributed by atoms with Gasteiger partial charge in [-0.1, -0.05) is 53.7 Å². The van der Waals surface area contributed by atoms with Crippen LogP contribution in [-0.4, -0.2) is 13.2 Å². The molecule has 0 saturated heterocycles. The molecule has 1 aromatic carbocycles. The Kier molecular flexibility index (Phi) is 6.27. The van der Waals surface area contributed by atoms with Crippen LogP contribution < -0.4 is 10.5 Å². The predicted molar refractivity (Wildman–Crippen MR) is 92.2 cm³/mol. The van der Waals surface area contributed by atoms with Crippen LogP contribution in [0.5, 0.6) is 5.75 Å². The first kappa shape index (κ1) is 18.0. The van der Waals surface area contributed by atoms with Gasteiger partial charge in [0, 0.05) is 0 Å². The van der Waals surface area contributed by atoms with Crippen LogP contribution in [0.15, 0.2) is 18.2 Å². The van der Waals surface area contributed by atoms with E-state index in [-0.39, 0.29) is 10.8 Å². The van der Waals surface area contributed by atoms with Gasteiger partial charge in [0.2, 0.25) is 0 Å². The van der Waals surface area contributed by atoms with Gasteiger partial charge in [-0.05, 0) is 53.8 Å². The Hall–Kier alpha value is -1.02. The SMILES string of the molecule is CCC(C)(C)c1ccc(C(C)(C)CC)c(OCCCN)c1. The van der Waals surface area contributed by atoms with E-state index in [0.717, 1.165) is 25.0 Å². The molecule has 120 valence electrons. The fourth-order valence-corrected chi connectivity index (χ4v) is 2.28. The molecule has 0 aliphatic heterocycles. The zero-order valence-electron chi connectivity index (χ0n) is 14.8. The smallest absolute Gasteiger partial charge is 0.123 e. The molecular weight excluding hydrogens is 258 g/mol. The Bertz CT molecular complexity index is 449. The number of rotatable bonds is 8. The van der Waals surface area contributed by atoms with Crippen molar-refractivity contribution in [3.8, 4) is 5.75 Å². The maximum Gasteiger partial charge on any atom is 0.123 e. The number of nitrogens with two attached hydrogens (primary N) is 1. The summed E-state index contributed by atoms with van der Waals surface area (Å²) in [6, 6.07) is 6.77. The normalized spacial score (nSPS) is 12.5. The van der Waals surface area contributed by atoms with Crippen LogP contribution in [-0.2, 0) is 10.8 Å². The molecule has 2 heteroatoms. The predicted octanol–water partition coefficient (Wildman–Crippen LogP) is 4.79. The highest BCUT2D eigenvalue weighted by molar-refractivity contribution is 5.44. The minimum atomic E-state index is 0.132. The van der Waals surface area contributed by atoms with Crippen LogP contribution >= 0.6 is 0 Å². The van der Waals surface area contributed by atoms with Crippen molar-refractivity contribution in [3.05, 3.63) is 29.3 Å². The van der Waals surface area contributed by atoms with Crippen molar-refractivity contribution in [2.45, 2.75) is 71.6 Å². The van der Waals surface area contributed by atoms with E-state index in [1.165, 1.54) is 11.1 Å². The number of hydrogen-bond donors (Lipinski definition) is 1. The Morgan fingerprint density at radius 1 is 1.00 bits per heavy atom. The second kappa shape index (κ2) is 7.31. The Balaban J connectivity index is 3.20. The third-order valence-electron chi connectivity index (χ3n) is 4.87. The van der Waals surface area contributed by atoms with Crippen LogP contribution in [0.3, 0.4) is 0 Å². The quantitative estimate of drug-likeness (QED) is 0.699. The highest BCUT2D eigenvalue weighted by Crippen LogP contribution is 2.38. The molecule has 0 heterocycles. The van der Waals surface area contributed by atoms with E-state index in [1.807, 2.05) is 0 Å². The summed E-state index contributed by atoms with van der Waals surface area (Å²) in [5, 5.41) is 0. The summed E-state index contributed by atoms with van der Waals surface area (Å²) in [7, 11) is 0. The van der Waals surface area contributed by atoms with Crippen LogP contribution in [0.1, 0.15) is 71.9 Å². The zero-order valence-corrected chi connectivity index (χ0v) is 14.8. The molecule has 0 aromatic heterocycles. The Morgan fingerprint density at radius 3 is 2.14 bits per heavy atom. The van der Waals surface area contributed by atoms with Gasteiger partial charge in [-0.2, -0.15) is 0 Å². The fraction of sp³-hybridized carbons (Fsp3) is 0.684. The number of benzene rings is 1. The number of ether oxygens (including phenoxy) is 1. The van der Waals surface area contributed by atoms with Crippen LogP contribution in [0, 0.1) is 0 Å². The highest BCUT2D eigenvalue weighted by atomic mass is 16.5. The molecule has 2 nitrogen and oxygen atoms in total. The lowest BCUT2D eigenvalue weighted by molar-refractivity contribution is 0.301. The third kappa shape index (κ3) is 4.47. The van der Waals surface area contributed by atoms with E-state index in [4.69, 9.17) is 10.5 Å². The molecule has 0 aliphatic rings. The summed E-state index contributed by atoms with van der Waals surface area (Å²) in [4.78, 5) is 0. The summed E-state index contributed by atoms with van der Waals surface area (Å²) in [5.41, 5.74) is 8.55. The molecule has 0 fully saturated rings. The standard InChI is InChI=1S/C19H33NO/c1-7-18(3,4)15-10-11-16(19(5,6)8-2)17(14-15)21-13-9-12-20/h10-11,14H,7-9,12-13,20H2,1-6H3. The van der Waals surface area contributed by atoms with Gasteiger partial charge in [0.15, 0.2) is 0 Å². The second-order valence-electron chi connectivity index (χ2n) is 7.18. The van der Waals surface area contributed by atoms with Crippen LogP contribution in [0.4, 0.5) is 0 Å². The maximum absolute atomic E-state index is 6.07. The van der Waals surface area contributed by atoms with E-state index in [1.54, 1.807) is 0 Å². The molecule has 0 amide bonds. The lowest BCUT2D eigenvalue weighted by atomic mass is 9.77. The molecule has 1 rings (SSSR count). The third-order valence-corrected chi connectivity index (χ3v) is 4.87. The van der Waals surface area contributed by atoms with Gasteiger partial charge in [0.05, 0.1) is 6.61 Å². The van der Waals surface area contributed by atoms with Gasteiger partial charge in [-0.25, -0.2) is 0 Å². The molecule has 0 atom stereocenters. The fourth-order valence-electron chi connectivity index (χ4n) is 2.28. The minimum Gasteiger partial charge on any atom is -0.493 e. The topological polar surface area (TPSA) is 35.2 Å². The van der Waals surface area contributed by atoms with Gasteiger partial charge in [-0.15, -0.1) is 0 Å². The number of hydrogen-bond acceptors (Lipinski definition) is 2. The molecule has 21 heavy (non-hydrogen) atoms. The molecule has 0 spiro atoms. The largest absolute Gasteiger partial charge is 0.493 e. The van der Waals surface area contributed by atoms with Gasteiger partial charge >= 0.3 is 0 Å². The van der Waals surface area contributed by atoms with Crippen LogP contribution in [0.25, 0.3) is 0 Å².